The van der Waals surface area contributed by atoms with Gasteiger partial charge in [-0.15, -0.1) is 0 Å². The topological polar surface area (TPSA) is 82.7 Å². The first-order valence-electron chi connectivity index (χ1n) is 7.24. The van der Waals surface area contributed by atoms with Crippen molar-refractivity contribution in [2.24, 2.45) is 0 Å². The molecule has 0 radical (unpaired) electrons. The second-order valence-electron chi connectivity index (χ2n) is 4.38. The van der Waals surface area contributed by atoms with E-state index in [1.165, 1.54) is 0 Å². The van der Waals surface area contributed by atoms with Gasteiger partial charge in [0.2, 0.25) is 0 Å². The lowest BCUT2D eigenvalue weighted by Crippen LogP contribution is -2.32. The molecule has 0 saturated carbocycles. The Labute approximate surface area is 126 Å². The number of rotatable bonds is 11. The predicted octanol–water partition coefficient (Wildman–Crippen LogP) is 1.08. The molecule has 0 atom stereocenters. The standard InChI is InChI=1S/C14H26N4O3/c1-4-20-8-6-18(7-9-21-5-2)14-10-12(15)16-13(17-14)11-19-3/h10H,4-9,11H2,1-3H3,(H2,15,16,17). The van der Waals surface area contributed by atoms with Gasteiger partial charge in [-0.1, -0.05) is 0 Å². The molecule has 21 heavy (non-hydrogen) atoms. The van der Waals surface area contributed by atoms with Gasteiger partial charge < -0.3 is 24.8 Å². The van der Waals surface area contributed by atoms with Crippen molar-refractivity contribution in [1.29, 1.82) is 0 Å². The number of nitrogens with two attached hydrogens (primary N) is 1. The second-order valence-corrected chi connectivity index (χ2v) is 4.38. The third-order valence-electron chi connectivity index (χ3n) is 2.80. The summed E-state index contributed by atoms with van der Waals surface area (Å²) in [5.41, 5.74) is 5.84. The SMILES string of the molecule is CCOCCN(CCOCC)c1cc(N)nc(COC)n1. The highest BCUT2D eigenvalue weighted by Gasteiger charge is 2.11. The molecule has 1 aromatic heterocycles. The molecule has 0 saturated heterocycles. The van der Waals surface area contributed by atoms with E-state index in [1.807, 2.05) is 13.8 Å². The zero-order chi connectivity index (χ0) is 15.5. The highest BCUT2D eigenvalue weighted by atomic mass is 16.5. The maximum Gasteiger partial charge on any atom is 0.158 e. The first-order chi connectivity index (χ1) is 10.2. The van der Waals surface area contributed by atoms with Crippen molar-refractivity contribution in [3.8, 4) is 0 Å². The van der Waals surface area contributed by atoms with Crippen molar-refractivity contribution in [2.45, 2.75) is 20.5 Å². The molecule has 0 aliphatic rings. The smallest absolute Gasteiger partial charge is 0.158 e. The molecule has 7 heteroatoms. The molecule has 120 valence electrons. The van der Waals surface area contributed by atoms with E-state index in [0.29, 0.717) is 44.7 Å². The Bertz CT molecular complexity index is 394. The number of aromatic nitrogens is 2. The number of nitrogen functional groups attached to an aromatic ring is 1. The minimum Gasteiger partial charge on any atom is -0.384 e. The fourth-order valence-corrected chi connectivity index (χ4v) is 1.84. The van der Waals surface area contributed by atoms with Crippen LogP contribution in [0.25, 0.3) is 0 Å². The average molecular weight is 298 g/mol. The molecule has 0 aliphatic heterocycles. The molecule has 1 rings (SSSR count). The third kappa shape index (κ3) is 6.70. The number of anilines is 2. The van der Waals surface area contributed by atoms with E-state index in [9.17, 15) is 0 Å². The summed E-state index contributed by atoms with van der Waals surface area (Å²) in [5.74, 6) is 1.78. The van der Waals surface area contributed by atoms with Crippen molar-refractivity contribution < 1.29 is 14.2 Å². The summed E-state index contributed by atoms with van der Waals surface area (Å²) < 4.78 is 15.9. The van der Waals surface area contributed by atoms with E-state index in [2.05, 4.69) is 14.9 Å². The lowest BCUT2D eigenvalue weighted by molar-refractivity contribution is 0.141. The maximum atomic E-state index is 5.84. The summed E-state index contributed by atoms with van der Waals surface area (Å²) in [6.45, 7) is 8.39. The highest BCUT2D eigenvalue weighted by Crippen LogP contribution is 2.14. The van der Waals surface area contributed by atoms with Gasteiger partial charge in [-0.3, -0.25) is 0 Å². The highest BCUT2D eigenvalue weighted by molar-refractivity contribution is 5.47. The molecule has 1 heterocycles. The van der Waals surface area contributed by atoms with Crippen molar-refractivity contribution in [3.63, 3.8) is 0 Å². The number of ether oxygens (including phenoxy) is 3. The molecule has 1 aromatic rings. The molecule has 0 fully saturated rings. The van der Waals surface area contributed by atoms with Gasteiger partial charge in [-0.05, 0) is 13.8 Å². The van der Waals surface area contributed by atoms with Crippen LogP contribution in [-0.4, -0.2) is 56.6 Å². The Kier molecular flexibility index (Phi) is 8.65. The molecule has 0 spiro atoms. The predicted molar refractivity (Wildman–Crippen MR) is 82.4 cm³/mol. The fraction of sp³-hybridized carbons (Fsp3) is 0.714. The van der Waals surface area contributed by atoms with Crippen LogP contribution in [0.5, 0.6) is 0 Å². The van der Waals surface area contributed by atoms with Crippen LogP contribution in [-0.2, 0) is 20.8 Å². The minimum absolute atomic E-state index is 0.336. The summed E-state index contributed by atoms with van der Waals surface area (Å²) in [6, 6.07) is 1.76. The van der Waals surface area contributed by atoms with Gasteiger partial charge in [0.25, 0.3) is 0 Å². The fourth-order valence-electron chi connectivity index (χ4n) is 1.84. The second kappa shape index (κ2) is 10.3. The molecule has 0 aliphatic carbocycles. The average Bonchev–Trinajstić information content (AvgIpc) is 2.46. The summed E-state index contributed by atoms with van der Waals surface area (Å²) in [7, 11) is 1.61. The zero-order valence-electron chi connectivity index (χ0n) is 13.2. The third-order valence-corrected chi connectivity index (χ3v) is 2.80. The van der Waals surface area contributed by atoms with Gasteiger partial charge in [-0.25, -0.2) is 9.97 Å². The van der Waals surface area contributed by atoms with Gasteiger partial charge in [0, 0.05) is 39.5 Å². The summed E-state index contributed by atoms with van der Waals surface area (Å²) >= 11 is 0. The molecule has 2 N–H and O–H groups in total. The van der Waals surface area contributed by atoms with E-state index < -0.39 is 0 Å². The number of hydrogen-bond donors (Lipinski definition) is 1. The number of nitrogens with zero attached hydrogens (tertiary/aromatic N) is 3. The van der Waals surface area contributed by atoms with Crippen molar-refractivity contribution in [3.05, 3.63) is 11.9 Å². The van der Waals surface area contributed by atoms with Crippen LogP contribution in [0.4, 0.5) is 11.6 Å². The van der Waals surface area contributed by atoms with E-state index >= 15 is 0 Å². The van der Waals surface area contributed by atoms with Crippen molar-refractivity contribution in [1.82, 2.24) is 9.97 Å². The van der Waals surface area contributed by atoms with Crippen LogP contribution in [0.2, 0.25) is 0 Å². The first-order valence-corrected chi connectivity index (χ1v) is 7.24. The van der Waals surface area contributed by atoms with E-state index in [4.69, 9.17) is 19.9 Å². The number of hydrogen-bond acceptors (Lipinski definition) is 7. The molecular weight excluding hydrogens is 272 g/mol. The monoisotopic (exact) mass is 298 g/mol. The van der Waals surface area contributed by atoms with E-state index in [-0.39, 0.29) is 0 Å². The van der Waals surface area contributed by atoms with E-state index in [1.54, 1.807) is 13.2 Å². The Morgan fingerprint density at radius 1 is 1.10 bits per heavy atom. The van der Waals surface area contributed by atoms with Crippen LogP contribution < -0.4 is 10.6 Å². The molecule has 0 bridgehead atoms. The quantitative estimate of drug-likeness (QED) is 0.612. The molecule has 0 unspecified atom stereocenters. The zero-order valence-corrected chi connectivity index (χ0v) is 13.2. The maximum absolute atomic E-state index is 5.84. The van der Waals surface area contributed by atoms with E-state index in [0.717, 1.165) is 18.9 Å². The Morgan fingerprint density at radius 2 is 1.71 bits per heavy atom. The van der Waals surface area contributed by atoms with Crippen molar-refractivity contribution in [2.75, 3.05) is 57.3 Å². The summed E-state index contributed by atoms with van der Waals surface area (Å²) in [5, 5.41) is 0. The van der Waals surface area contributed by atoms with Crippen LogP contribution in [0.15, 0.2) is 6.07 Å². The Balaban J connectivity index is 2.78. The van der Waals surface area contributed by atoms with Crippen molar-refractivity contribution >= 4 is 11.6 Å². The summed E-state index contributed by atoms with van der Waals surface area (Å²) in [6.07, 6.45) is 0. The normalized spacial score (nSPS) is 10.8. The Morgan fingerprint density at radius 3 is 2.24 bits per heavy atom. The van der Waals surface area contributed by atoms with Gasteiger partial charge in [0.1, 0.15) is 18.2 Å². The molecule has 7 nitrogen and oxygen atoms in total. The molecular formula is C14H26N4O3. The van der Waals surface area contributed by atoms with Gasteiger partial charge in [0.15, 0.2) is 5.82 Å². The minimum atomic E-state index is 0.336. The number of methoxy groups -OCH3 is 1. The molecule has 0 aromatic carbocycles. The van der Waals surface area contributed by atoms with Gasteiger partial charge >= 0.3 is 0 Å². The summed E-state index contributed by atoms with van der Waals surface area (Å²) in [4.78, 5) is 10.7. The Hall–Kier alpha value is -1.44. The van der Waals surface area contributed by atoms with Crippen LogP contribution in [0.3, 0.4) is 0 Å². The van der Waals surface area contributed by atoms with Crippen LogP contribution in [0, 0.1) is 0 Å². The lowest BCUT2D eigenvalue weighted by atomic mass is 10.4. The van der Waals surface area contributed by atoms with Crippen LogP contribution >= 0.6 is 0 Å². The van der Waals surface area contributed by atoms with Crippen LogP contribution in [0.1, 0.15) is 19.7 Å². The largest absolute Gasteiger partial charge is 0.384 e. The van der Waals surface area contributed by atoms with Gasteiger partial charge in [0.05, 0.1) is 13.2 Å². The molecule has 0 amide bonds. The lowest BCUT2D eigenvalue weighted by Gasteiger charge is -2.24. The van der Waals surface area contributed by atoms with Gasteiger partial charge in [-0.2, -0.15) is 0 Å². The first kappa shape index (κ1) is 17.6.